The number of hydrogen-bond donors (Lipinski definition) is 0. The third-order valence-electron chi connectivity index (χ3n) is 16.4. The summed E-state index contributed by atoms with van der Waals surface area (Å²) in [7, 11) is -4.25. The van der Waals surface area contributed by atoms with Crippen molar-refractivity contribution in [3.05, 3.63) is 18.2 Å². The minimum atomic E-state index is -2.13. The van der Waals surface area contributed by atoms with Crippen molar-refractivity contribution in [1.29, 1.82) is 0 Å². The predicted molar refractivity (Wildman–Crippen MR) is 313 cm³/mol. The predicted octanol–water partition coefficient (Wildman–Crippen LogP) is 18.0. The van der Waals surface area contributed by atoms with E-state index in [-0.39, 0.29) is 46.1 Å². The zero-order valence-corrected chi connectivity index (χ0v) is 52.5. The molecule has 0 aliphatic carbocycles. The maximum absolute atomic E-state index is 13.5. The standard InChI is InChI=1S/C61H121N3O6Si2/c1-16-20-24-28-32-41-54(39-30-26-22-18-3)58(65)67-49-36-34-43-56(69-71(12,13)60(6,7)8)51-63(46-38-47-64-48-45-62-53(64)5)52-57(70-72(14,15)61(9,10)11)44-35-37-50-68-59(66)55(40-31-27-23-19-4)42-33-29-25-21-17-2/h45,48,54-57H,16-44,46-47,49-52H2,1-15H3. The first kappa shape index (κ1) is 68.5. The van der Waals surface area contributed by atoms with Crippen LogP contribution in [0.2, 0.25) is 36.3 Å². The summed E-state index contributed by atoms with van der Waals surface area (Å²) in [5.74, 6) is 1.15. The second kappa shape index (κ2) is 38.9. The number of esters is 2. The number of rotatable bonds is 46. The van der Waals surface area contributed by atoms with E-state index in [1.165, 1.54) is 89.9 Å². The van der Waals surface area contributed by atoms with Gasteiger partial charge in [0.25, 0.3) is 0 Å². The second-order valence-electron chi connectivity index (χ2n) is 25.1. The van der Waals surface area contributed by atoms with Crippen molar-refractivity contribution in [2.75, 3.05) is 32.8 Å². The second-order valence-corrected chi connectivity index (χ2v) is 34.6. The fourth-order valence-electron chi connectivity index (χ4n) is 9.41. The Morgan fingerprint density at radius 3 is 1.21 bits per heavy atom. The average molecular weight is 1050 g/mol. The van der Waals surface area contributed by atoms with Gasteiger partial charge in [0.2, 0.25) is 0 Å². The van der Waals surface area contributed by atoms with Gasteiger partial charge in [-0.25, -0.2) is 4.98 Å². The summed E-state index contributed by atoms with van der Waals surface area (Å²) in [5.41, 5.74) is 0. The molecule has 0 spiro atoms. The normalized spacial score (nSPS) is 14.4. The lowest BCUT2D eigenvalue weighted by Gasteiger charge is -2.42. The molecule has 0 aromatic carbocycles. The van der Waals surface area contributed by atoms with E-state index in [0.717, 1.165) is 128 Å². The van der Waals surface area contributed by atoms with Crippen molar-refractivity contribution in [3.8, 4) is 0 Å². The molecular formula is C61H121N3O6Si2. The summed E-state index contributed by atoms with van der Waals surface area (Å²) in [6.07, 6.45) is 36.1. The van der Waals surface area contributed by atoms with Crippen LogP contribution < -0.4 is 0 Å². The summed E-state index contributed by atoms with van der Waals surface area (Å²) in [6, 6.07) is 0. The maximum Gasteiger partial charge on any atom is 0.308 e. The molecule has 1 aromatic rings. The average Bonchev–Trinajstić information content (AvgIpc) is 3.72. The van der Waals surface area contributed by atoms with Gasteiger partial charge < -0.3 is 22.9 Å². The van der Waals surface area contributed by atoms with Crippen LogP contribution in [0.25, 0.3) is 0 Å². The van der Waals surface area contributed by atoms with E-state index in [0.29, 0.717) is 13.2 Å². The van der Waals surface area contributed by atoms with Gasteiger partial charge in [0.15, 0.2) is 16.6 Å². The fraction of sp³-hybridized carbons (Fsp3) is 0.918. The van der Waals surface area contributed by atoms with E-state index in [4.69, 9.17) is 18.3 Å². The molecule has 0 amide bonds. The molecule has 0 bridgehead atoms. The molecule has 1 heterocycles. The van der Waals surface area contributed by atoms with Crippen LogP contribution in [0.1, 0.15) is 261 Å². The number of aromatic nitrogens is 2. The van der Waals surface area contributed by atoms with Crippen molar-refractivity contribution in [1.82, 2.24) is 14.5 Å². The van der Waals surface area contributed by atoms with Gasteiger partial charge in [-0.3, -0.25) is 14.5 Å². The lowest BCUT2D eigenvalue weighted by Crippen LogP contribution is -2.50. The SMILES string of the molecule is CCCCCCCC(CCCCCC)C(=O)OCCCCC(CN(CCCn1ccnc1C)CC(CCCCOC(=O)C(CCCCCC)CCCCCCC)O[Si](C)(C)C(C)(C)C)O[Si](C)(C)C(C)(C)C. The molecule has 1 aromatic heterocycles. The zero-order valence-electron chi connectivity index (χ0n) is 50.5. The van der Waals surface area contributed by atoms with Crippen molar-refractivity contribution >= 4 is 28.6 Å². The topological polar surface area (TPSA) is 92.1 Å². The lowest BCUT2D eigenvalue weighted by molar-refractivity contribution is -0.150. The van der Waals surface area contributed by atoms with Gasteiger partial charge >= 0.3 is 11.9 Å². The summed E-state index contributed by atoms with van der Waals surface area (Å²) < 4.78 is 29.2. The summed E-state index contributed by atoms with van der Waals surface area (Å²) in [5, 5.41) is 0.156. The van der Waals surface area contributed by atoms with E-state index < -0.39 is 16.6 Å². The van der Waals surface area contributed by atoms with E-state index in [2.05, 4.69) is 123 Å². The number of nitrogens with zero attached hydrogens (tertiary/aromatic N) is 3. The minimum absolute atomic E-state index is 0.0245. The van der Waals surface area contributed by atoms with E-state index in [1.807, 2.05) is 6.20 Å². The van der Waals surface area contributed by atoms with Gasteiger partial charge in [-0.05, 0) is 114 Å². The molecule has 72 heavy (non-hydrogen) atoms. The number of imidazole rings is 1. The molecule has 11 heteroatoms. The molecule has 4 unspecified atom stereocenters. The Morgan fingerprint density at radius 2 is 0.875 bits per heavy atom. The Morgan fingerprint density at radius 1 is 0.528 bits per heavy atom. The monoisotopic (exact) mass is 1050 g/mol. The number of carbonyl (C=O) groups excluding carboxylic acids is 2. The molecule has 0 aliphatic heterocycles. The number of aryl methyl sites for hydroxylation is 2. The van der Waals surface area contributed by atoms with Crippen LogP contribution in [-0.2, 0) is 34.5 Å². The smallest absolute Gasteiger partial charge is 0.308 e. The van der Waals surface area contributed by atoms with Crippen molar-refractivity contribution < 1.29 is 27.9 Å². The zero-order chi connectivity index (χ0) is 53.9. The van der Waals surface area contributed by atoms with Gasteiger partial charge in [0.1, 0.15) is 5.82 Å². The van der Waals surface area contributed by atoms with Gasteiger partial charge in [-0.15, -0.1) is 0 Å². The molecule has 0 aliphatic rings. The molecule has 0 saturated carbocycles. The van der Waals surface area contributed by atoms with Crippen LogP contribution in [0, 0.1) is 18.8 Å². The van der Waals surface area contributed by atoms with Crippen LogP contribution in [0.15, 0.2) is 12.4 Å². The number of hydrogen-bond acceptors (Lipinski definition) is 8. The van der Waals surface area contributed by atoms with E-state index >= 15 is 0 Å². The van der Waals surface area contributed by atoms with Crippen molar-refractivity contribution in [3.63, 3.8) is 0 Å². The summed E-state index contributed by atoms with van der Waals surface area (Å²) >= 11 is 0. The Bertz CT molecular complexity index is 1400. The van der Waals surface area contributed by atoms with Crippen molar-refractivity contribution in [2.24, 2.45) is 11.8 Å². The van der Waals surface area contributed by atoms with E-state index in [1.54, 1.807) is 0 Å². The van der Waals surface area contributed by atoms with Crippen LogP contribution in [0.4, 0.5) is 0 Å². The van der Waals surface area contributed by atoms with Gasteiger partial charge in [0.05, 0.1) is 37.3 Å². The minimum Gasteiger partial charge on any atom is -0.465 e. The third-order valence-corrected chi connectivity index (χ3v) is 25.4. The van der Waals surface area contributed by atoms with Crippen LogP contribution in [0.5, 0.6) is 0 Å². The fourth-order valence-corrected chi connectivity index (χ4v) is 12.2. The maximum atomic E-state index is 13.5. The summed E-state index contributed by atoms with van der Waals surface area (Å²) in [4.78, 5) is 34.2. The third kappa shape index (κ3) is 30.9. The number of ether oxygens (including phenoxy) is 2. The van der Waals surface area contributed by atoms with Crippen LogP contribution in [0.3, 0.4) is 0 Å². The van der Waals surface area contributed by atoms with Crippen molar-refractivity contribution in [2.45, 2.75) is 317 Å². The summed E-state index contributed by atoms with van der Waals surface area (Å²) in [6.45, 7) is 39.1. The molecule has 424 valence electrons. The molecule has 0 N–H and O–H groups in total. The number of carbonyl (C=O) groups is 2. The molecular weight excluding hydrogens is 927 g/mol. The Labute approximate surface area is 449 Å². The van der Waals surface area contributed by atoms with Gasteiger partial charge in [-0.2, -0.15) is 0 Å². The highest BCUT2D eigenvalue weighted by Crippen LogP contribution is 2.39. The van der Waals surface area contributed by atoms with E-state index in [9.17, 15) is 9.59 Å². The molecule has 9 nitrogen and oxygen atoms in total. The molecule has 0 saturated heterocycles. The first-order chi connectivity index (χ1) is 34.1. The first-order valence-corrected chi connectivity index (χ1v) is 36.3. The van der Waals surface area contributed by atoms with Crippen LogP contribution >= 0.6 is 0 Å². The Balaban J connectivity index is 3.27. The first-order valence-electron chi connectivity index (χ1n) is 30.5. The van der Waals surface area contributed by atoms with Gasteiger partial charge in [0, 0.05) is 38.6 Å². The Kier molecular flexibility index (Phi) is 37.0. The number of unbranched alkanes of at least 4 members (excludes halogenated alkanes) is 16. The highest BCUT2D eigenvalue weighted by atomic mass is 28.4. The van der Waals surface area contributed by atoms with Gasteiger partial charge in [-0.1, -0.05) is 185 Å². The van der Waals surface area contributed by atoms with Crippen LogP contribution in [-0.4, -0.2) is 88.1 Å². The Hall–Kier alpha value is -1.54. The highest BCUT2D eigenvalue weighted by Gasteiger charge is 2.41. The molecule has 1 rings (SSSR count). The molecule has 0 radical (unpaired) electrons. The molecule has 0 fully saturated rings. The molecule has 4 atom stereocenters. The largest absolute Gasteiger partial charge is 0.465 e. The quantitative estimate of drug-likeness (QED) is 0.0362. The lowest BCUT2D eigenvalue weighted by atomic mass is 9.94. The highest BCUT2D eigenvalue weighted by molar-refractivity contribution is 6.74.